The van der Waals surface area contributed by atoms with Gasteiger partial charge in [0.05, 0.1) is 0 Å². The molecule has 0 atom stereocenters. The Bertz CT molecular complexity index is 584. The summed E-state index contributed by atoms with van der Waals surface area (Å²) < 4.78 is 13.0. The Labute approximate surface area is 111 Å². The molecule has 0 N–H and O–H groups in total. The molecule has 4 heteroatoms. The lowest BCUT2D eigenvalue weighted by molar-refractivity contribution is 0.0784. The first-order valence-electron chi connectivity index (χ1n) is 5.98. The Hall–Kier alpha value is -2.23. The molecule has 2 aromatic rings. The lowest BCUT2D eigenvalue weighted by Gasteiger charge is -2.18. The first kappa shape index (κ1) is 13.2. The minimum absolute atomic E-state index is 0.116. The van der Waals surface area contributed by atoms with E-state index in [1.54, 1.807) is 31.3 Å². The quantitative estimate of drug-likeness (QED) is 0.848. The van der Waals surface area contributed by atoms with Gasteiger partial charge in [-0.05, 0) is 48.4 Å². The molecule has 3 nitrogen and oxygen atoms in total. The van der Waals surface area contributed by atoms with Crippen molar-refractivity contribution in [3.63, 3.8) is 0 Å². The van der Waals surface area contributed by atoms with Crippen LogP contribution >= 0.6 is 0 Å². The molecule has 0 aliphatic rings. The Morgan fingerprint density at radius 3 is 2.58 bits per heavy atom. The van der Waals surface area contributed by atoms with Crippen molar-refractivity contribution < 1.29 is 9.18 Å². The monoisotopic (exact) mass is 258 g/mol. The highest BCUT2D eigenvalue weighted by molar-refractivity contribution is 5.95. The summed E-state index contributed by atoms with van der Waals surface area (Å²) in [6.45, 7) is 2.23. The third-order valence-electron chi connectivity index (χ3n) is 2.93. The van der Waals surface area contributed by atoms with E-state index in [9.17, 15) is 9.18 Å². The second-order valence-corrected chi connectivity index (χ2v) is 4.48. The zero-order valence-electron chi connectivity index (χ0n) is 10.9. The van der Waals surface area contributed by atoms with Crippen molar-refractivity contribution in [2.75, 3.05) is 7.05 Å². The fourth-order valence-electron chi connectivity index (χ4n) is 1.91. The van der Waals surface area contributed by atoms with Crippen LogP contribution < -0.4 is 0 Å². The van der Waals surface area contributed by atoms with Gasteiger partial charge >= 0.3 is 0 Å². The van der Waals surface area contributed by atoms with Crippen molar-refractivity contribution in [1.82, 2.24) is 9.88 Å². The van der Waals surface area contributed by atoms with Gasteiger partial charge in [0.25, 0.3) is 5.91 Å². The molecule has 0 spiro atoms. The van der Waals surface area contributed by atoms with E-state index in [0.29, 0.717) is 17.7 Å². The summed E-state index contributed by atoms with van der Waals surface area (Å²) >= 11 is 0. The Morgan fingerprint density at radius 2 is 1.95 bits per heavy atom. The van der Waals surface area contributed by atoms with Gasteiger partial charge in [-0.25, -0.2) is 4.39 Å². The number of nitrogens with zero attached hydrogens (tertiary/aromatic N) is 2. The van der Waals surface area contributed by atoms with E-state index in [1.165, 1.54) is 18.2 Å². The number of amides is 1. The molecule has 0 fully saturated rings. The van der Waals surface area contributed by atoms with Crippen LogP contribution in [0.25, 0.3) is 0 Å². The molecule has 1 amide bonds. The van der Waals surface area contributed by atoms with Gasteiger partial charge < -0.3 is 4.90 Å². The third kappa shape index (κ3) is 3.16. The highest BCUT2D eigenvalue weighted by Crippen LogP contribution is 2.13. The largest absolute Gasteiger partial charge is 0.337 e. The second-order valence-electron chi connectivity index (χ2n) is 4.48. The van der Waals surface area contributed by atoms with Gasteiger partial charge in [-0.2, -0.15) is 0 Å². The van der Waals surface area contributed by atoms with E-state index in [4.69, 9.17) is 0 Å². The van der Waals surface area contributed by atoms with E-state index in [2.05, 4.69) is 4.98 Å². The molecule has 1 aromatic heterocycles. The predicted molar refractivity (Wildman–Crippen MR) is 71.2 cm³/mol. The average Bonchev–Trinajstić information content (AvgIpc) is 2.39. The smallest absolute Gasteiger partial charge is 0.254 e. The number of hydrogen-bond donors (Lipinski definition) is 0. The summed E-state index contributed by atoms with van der Waals surface area (Å²) in [6, 6.07) is 7.92. The zero-order valence-corrected chi connectivity index (χ0v) is 10.9. The molecular weight excluding hydrogens is 243 g/mol. The summed E-state index contributed by atoms with van der Waals surface area (Å²) in [7, 11) is 1.73. The maximum atomic E-state index is 13.0. The summed E-state index contributed by atoms with van der Waals surface area (Å²) in [5.41, 5.74) is 2.18. The molecule has 0 bridgehead atoms. The molecule has 2 rings (SSSR count). The van der Waals surface area contributed by atoms with E-state index >= 15 is 0 Å². The number of pyridine rings is 1. The standard InChI is InChI=1S/C15H15FN2O/c1-11-9-13(16)3-4-14(11)15(19)18(2)10-12-5-7-17-8-6-12/h3-9H,10H2,1-2H3. The average molecular weight is 258 g/mol. The van der Waals surface area contributed by atoms with Gasteiger partial charge in [-0.3, -0.25) is 9.78 Å². The number of carbonyl (C=O) groups excluding carboxylic acids is 1. The molecule has 0 radical (unpaired) electrons. The Morgan fingerprint density at radius 1 is 1.26 bits per heavy atom. The number of halogens is 1. The molecule has 0 unspecified atom stereocenters. The van der Waals surface area contributed by atoms with Gasteiger partial charge in [0.1, 0.15) is 5.82 Å². The van der Waals surface area contributed by atoms with Crippen LogP contribution in [0.2, 0.25) is 0 Å². The first-order valence-corrected chi connectivity index (χ1v) is 5.98. The fraction of sp³-hybridized carbons (Fsp3) is 0.200. The van der Waals surface area contributed by atoms with Crippen LogP contribution in [-0.4, -0.2) is 22.8 Å². The predicted octanol–water partition coefficient (Wildman–Crippen LogP) is 2.80. The summed E-state index contributed by atoms with van der Waals surface area (Å²) in [5.74, 6) is -0.444. The van der Waals surface area contributed by atoms with Gasteiger partial charge in [0.15, 0.2) is 0 Å². The maximum Gasteiger partial charge on any atom is 0.254 e. The van der Waals surface area contributed by atoms with Crippen molar-refractivity contribution in [3.05, 3.63) is 65.2 Å². The number of benzene rings is 1. The van der Waals surface area contributed by atoms with Gasteiger partial charge in [-0.1, -0.05) is 0 Å². The van der Waals surface area contributed by atoms with E-state index < -0.39 is 0 Å². The summed E-state index contributed by atoms with van der Waals surface area (Å²) in [5, 5.41) is 0. The zero-order chi connectivity index (χ0) is 13.8. The normalized spacial score (nSPS) is 10.3. The van der Waals surface area contributed by atoms with Crippen LogP contribution in [0.15, 0.2) is 42.7 Å². The molecule has 0 saturated heterocycles. The van der Waals surface area contributed by atoms with Crippen LogP contribution in [0.1, 0.15) is 21.5 Å². The van der Waals surface area contributed by atoms with Crippen molar-refractivity contribution in [1.29, 1.82) is 0 Å². The topological polar surface area (TPSA) is 33.2 Å². The van der Waals surface area contributed by atoms with Crippen LogP contribution in [0.5, 0.6) is 0 Å². The van der Waals surface area contributed by atoms with Crippen LogP contribution in [0.3, 0.4) is 0 Å². The minimum atomic E-state index is -0.328. The number of hydrogen-bond acceptors (Lipinski definition) is 2. The van der Waals surface area contributed by atoms with Crippen molar-refractivity contribution >= 4 is 5.91 Å². The van der Waals surface area contributed by atoms with Crippen LogP contribution in [0.4, 0.5) is 4.39 Å². The number of aryl methyl sites for hydroxylation is 1. The molecule has 0 aliphatic heterocycles. The van der Waals surface area contributed by atoms with Crippen molar-refractivity contribution in [2.45, 2.75) is 13.5 Å². The molecule has 1 aromatic carbocycles. The Kier molecular flexibility index (Phi) is 3.90. The highest BCUT2D eigenvalue weighted by atomic mass is 19.1. The van der Waals surface area contributed by atoms with Crippen LogP contribution in [0, 0.1) is 12.7 Å². The summed E-state index contributed by atoms with van der Waals surface area (Å²) in [6.07, 6.45) is 3.38. The molecule has 1 heterocycles. The molecule has 98 valence electrons. The van der Waals surface area contributed by atoms with Crippen molar-refractivity contribution in [3.8, 4) is 0 Å². The number of rotatable bonds is 3. The van der Waals surface area contributed by atoms with E-state index in [0.717, 1.165) is 5.56 Å². The third-order valence-corrected chi connectivity index (χ3v) is 2.93. The van der Waals surface area contributed by atoms with E-state index in [-0.39, 0.29) is 11.7 Å². The molecular formula is C15H15FN2O. The number of carbonyl (C=O) groups is 1. The van der Waals surface area contributed by atoms with Crippen molar-refractivity contribution in [2.24, 2.45) is 0 Å². The van der Waals surface area contributed by atoms with Gasteiger partial charge in [0, 0.05) is 31.5 Å². The first-order chi connectivity index (χ1) is 9.08. The summed E-state index contributed by atoms with van der Waals surface area (Å²) in [4.78, 5) is 17.8. The van der Waals surface area contributed by atoms with Crippen LogP contribution in [-0.2, 0) is 6.54 Å². The lowest BCUT2D eigenvalue weighted by atomic mass is 10.1. The fourth-order valence-corrected chi connectivity index (χ4v) is 1.91. The minimum Gasteiger partial charge on any atom is -0.337 e. The number of aromatic nitrogens is 1. The van der Waals surface area contributed by atoms with E-state index in [1.807, 2.05) is 12.1 Å². The lowest BCUT2D eigenvalue weighted by Crippen LogP contribution is -2.26. The Balaban J connectivity index is 2.15. The SMILES string of the molecule is Cc1cc(F)ccc1C(=O)N(C)Cc1ccncc1. The van der Waals surface area contributed by atoms with Gasteiger partial charge in [0.2, 0.25) is 0 Å². The molecule has 0 aliphatic carbocycles. The maximum absolute atomic E-state index is 13.0. The van der Waals surface area contributed by atoms with Gasteiger partial charge in [-0.15, -0.1) is 0 Å². The second kappa shape index (κ2) is 5.61. The molecule has 19 heavy (non-hydrogen) atoms. The highest BCUT2D eigenvalue weighted by Gasteiger charge is 2.14. The molecule has 0 saturated carbocycles.